The van der Waals surface area contributed by atoms with Crippen molar-refractivity contribution in [3.8, 4) is 11.4 Å². The van der Waals surface area contributed by atoms with Gasteiger partial charge in [-0.25, -0.2) is 9.37 Å². The van der Waals surface area contributed by atoms with Crippen LogP contribution in [0.2, 0.25) is 0 Å². The first-order valence-electron chi connectivity index (χ1n) is 8.04. The van der Waals surface area contributed by atoms with E-state index in [0.29, 0.717) is 16.3 Å². The minimum Gasteiger partial charge on any atom is -0.272 e. The van der Waals surface area contributed by atoms with Gasteiger partial charge in [0, 0.05) is 5.56 Å². The molecule has 0 aliphatic carbocycles. The number of amides is 2. The molecule has 2 aromatic carbocycles. The highest BCUT2D eigenvalue weighted by atomic mass is 32.2. The fourth-order valence-corrected chi connectivity index (χ4v) is 2.89. The van der Waals surface area contributed by atoms with Crippen LogP contribution in [0.15, 0.2) is 59.8 Å². The van der Waals surface area contributed by atoms with Crippen molar-refractivity contribution in [1.29, 1.82) is 0 Å². The molecule has 0 saturated heterocycles. The summed E-state index contributed by atoms with van der Waals surface area (Å²) in [5.74, 6) is -0.970. The molecule has 0 bridgehead atoms. The maximum atomic E-state index is 13.8. The van der Waals surface area contributed by atoms with Crippen LogP contribution >= 0.6 is 11.8 Å². The minimum absolute atomic E-state index is 0.278. The molecule has 7 nitrogen and oxygen atoms in total. The van der Waals surface area contributed by atoms with Gasteiger partial charge in [-0.1, -0.05) is 42.1 Å². The van der Waals surface area contributed by atoms with Gasteiger partial charge in [-0.2, -0.15) is 0 Å². The Hall–Kier alpha value is -3.20. The van der Waals surface area contributed by atoms with Gasteiger partial charge in [0.1, 0.15) is 5.82 Å². The Labute approximate surface area is 158 Å². The first-order valence-corrected chi connectivity index (χ1v) is 8.92. The van der Waals surface area contributed by atoms with Crippen molar-refractivity contribution in [3.63, 3.8) is 0 Å². The molecular weight excluding hydrogens is 369 g/mol. The van der Waals surface area contributed by atoms with Crippen LogP contribution in [0.1, 0.15) is 17.3 Å². The molecule has 1 heterocycles. The zero-order chi connectivity index (χ0) is 19.2. The number of carbonyl (C=O) groups excluding carboxylic acids is 2. The third-order valence-corrected chi connectivity index (χ3v) is 4.54. The number of benzene rings is 2. The van der Waals surface area contributed by atoms with E-state index in [1.807, 2.05) is 0 Å². The first kappa shape index (κ1) is 18.6. The standard InChI is InChI=1S/C18H16FN5O2S/c1-11(16(25)22-23-17(26)12-7-3-2-4-8-12)27-18-20-15(21-24-18)13-9-5-6-10-14(13)19/h2-11H,1H3,(H,22,25)(H,23,26)(H,20,21,24)/t11-/m0/s1. The topological polar surface area (TPSA) is 99.8 Å². The van der Waals surface area contributed by atoms with Gasteiger partial charge in [0.15, 0.2) is 5.82 Å². The summed E-state index contributed by atoms with van der Waals surface area (Å²) in [5, 5.41) is 6.37. The Kier molecular flexibility index (Phi) is 5.82. The summed E-state index contributed by atoms with van der Waals surface area (Å²) in [6.45, 7) is 1.65. The van der Waals surface area contributed by atoms with Crippen molar-refractivity contribution in [3.05, 3.63) is 66.0 Å². The quantitative estimate of drug-likeness (QED) is 0.463. The van der Waals surface area contributed by atoms with Gasteiger partial charge in [-0.15, -0.1) is 5.10 Å². The minimum atomic E-state index is -0.578. The van der Waals surface area contributed by atoms with E-state index in [9.17, 15) is 14.0 Å². The summed E-state index contributed by atoms with van der Waals surface area (Å²) < 4.78 is 13.8. The molecular formula is C18H16FN5O2S. The Morgan fingerprint density at radius 2 is 1.78 bits per heavy atom. The number of aromatic amines is 1. The smallest absolute Gasteiger partial charge is 0.269 e. The van der Waals surface area contributed by atoms with E-state index in [2.05, 4.69) is 26.0 Å². The van der Waals surface area contributed by atoms with Crippen LogP contribution in [0.25, 0.3) is 11.4 Å². The molecule has 3 aromatic rings. The number of nitrogens with one attached hydrogen (secondary N) is 3. The summed E-state index contributed by atoms with van der Waals surface area (Å²) in [6.07, 6.45) is 0. The highest BCUT2D eigenvalue weighted by Gasteiger charge is 2.19. The van der Waals surface area contributed by atoms with E-state index in [4.69, 9.17) is 0 Å². The third-order valence-electron chi connectivity index (χ3n) is 3.58. The van der Waals surface area contributed by atoms with E-state index < -0.39 is 22.9 Å². The monoisotopic (exact) mass is 385 g/mol. The zero-order valence-corrected chi connectivity index (χ0v) is 15.1. The van der Waals surface area contributed by atoms with Gasteiger partial charge in [-0.3, -0.25) is 25.5 Å². The van der Waals surface area contributed by atoms with E-state index in [1.165, 1.54) is 6.07 Å². The number of hydrazine groups is 1. The van der Waals surface area contributed by atoms with Crippen LogP contribution in [0.3, 0.4) is 0 Å². The van der Waals surface area contributed by atoms with E-state index in [0.717, 1.165) is 11.8 Å². The molecule has 2 amide bonds. The molecule has 0 saturated carbocycles. The summed E-state index contributed by atoms with van der Waals surface area (Å²) >= 11 is 1.08. The van der Waals surface area contributed by atoms with Crippen LogP contribution in [0.4, 0.5) is 4.39 Å². The Morgan fingerprint density at radius 3 is 2.52 bits per heavy atom. The van der Waals surface area contributed by atoms with E-state index in [-0.39, 0.29) is 5.82 Å². The number of thioether (sulfide) groups is 1. The molecule has 9 heteroatoms. The molecule has 0 fully saturated rings. The second kappa shape index (κ2) is 8.45. The number of nitrogens with zero attached hydrogens (tertiary/aromatic N) is 2. The lowest BCUT2D eigenvalue weighted by atomic mass is 10.2. The predicted molar refractivity (Wildman–Crippen MR) is 99.1 cm³/mol. The van der Waals surface area contributed by atoms with Gasteiger partial charge >= 0.3 is 0 Å². The van der Waals surface area contributed by atoms with Gasteiger partial charge in [0.05, 0.1) is 10.8 Å². The first-order chi connectivity index (χ1) is 13.0. The van der Waals surface area contributed by atoms with Crippen molar-refractivity contribution in [2.45, 2.75) is 17.3 Å². The number of rotatable bonds is 5. The van der Waals surface area contributed by atoms with Crippen molar-refractivity contribution in [2.75, 3.05) is 0 Å². The number of carbonyl (C=O) groups is 2. The summed E-state index contributed by atoms with van der Waals surface area (Å²) in [5.41, 5.74) is 5.44. The van der Waals surface area contributed by atoms with Gasteiger partial charge in [0.2, 0.25) is 5.16 Å². The summed E-state index contributed by atoms with van der Waals surface area (Å²) in [6, 6.07) is 14.7. The maximum absolute atomic E-state index is 13.8. The average Bonchev–Trinajstić information content (AvgIpc) is 3.15. The fourth-order valence-electron chi connectivity index (χ4n) is 2.17. The Bertz CT molecular complexity index is 948. The van der Waals surface area contributed by atoms with Crippen LogP contribution in [0.5, 0.6) is 0 Å². The molecule has 1 atom stereocenters. The SMILES string of the molecule is C[C@H](Sc1n[nH]c(-c2ccccc2F)n1)C(=O)NNC(=O)c1ccccc1. The number of aromatic nitrogens is 3. The second-order valence-corrected chi connectivity index (χ2v) is 6.82. The van der Waals surface area contributed by atoms with Crippen LogP contribution in [0, 0.1) is 5.82 Å². The molecule has 0 spiro atoms. The zero-order valence-electron chi connectivity index (χ0n) is 14.3. The third kappa shape index (κ3) is 4.70. The fraction of sp³-hybridized carbons (Fsp3) is 0.111. The van der Waals surface area contributed by atoms with Crippen molar-refractivity contribution < 1.29 is 14.0 Å². The molecule has 27 heavy (non-hydrogen) atoms. The molecule has 0 radical (unpaired) electrons. The molecule has 3 rings (SSSR count). The van der Waals surface area contributed by atoms with Gasteiger partial charge in [-0.05, 0) is 31.2 Å². The lowest BCUT2D eigenvalue weighted by Crippen LogP contribution is -2.44. The summed E-state index contributed by atoms with van der Waals surface area (Å²) in [4.78, 5) is 28.3. The second-order valence-electron chi connectivity index (χ2n) is 5.52. The maximum Gasteiger partial charge on any atom is 0.269 e. The lowest BCUT2D eigenvalue weighted by molar-refractivity contribution is -0.121. The Balaban J connectivity index is 1.56. The molecule has 0 aliphatic heterocycles. The molecule has 3 N–H and O–H groups in total. The van der Waals surface area contributed by atoms with Crippen molar-refractivity contribution in [2.24, 2.45) is 0 Å². The van der Waals surface area contributed by atoms with Gasteiger partial charge < -0.3 is 0 Å². The number of hydrogen-bond acceptors (Lipinski definition) is 5. The molecule has 0 unspecified atom stereocenters. The normalized spacial score (nSPS) is 11.6. The number of halogens is 1. The highest BCUT2D eigenvalue weighted by molar-refractivity contribution is 8.00. The number of H-pyrrole nitrogens is 1. The van der Waals surface area contributed by atoms with Crippen LogP contribution in [-0.2, 0) is 4.79 Å². The highest BCUT2D eigenvalue weighted by Crippen LogP contribution is 2.24. The van der Waals surface area contributed by atoms with Crippen molar-refractivity contribution >= 4 is 23.6 Å². The van der Waals surface area contributed by atoms with E-state index >= 15 is 0 Å². The van der Waals surface area contributed by atoms with Gasteiger partial charge in [0.25, 0.3) is 11.8 Å². The Morgan fingerprint density at radius 1 is 1.07 bits per heavy atom. The largest absolute Gasteiger partial charge is 0.272 e. The molecule has 1 aromatic heterocycles. The summed E-state index contributed by atoms with van der Waals surface area (Å²) in [7, 11) is 0. The lowest BCUT2D eigenvalue weighted by Gasteiger charge is -2.11. The predicted octanol–water partition coefficient (Wildman–Crippen LogP) is 2.55. The van der Waals surface area contributed by atoms with E-state index in [1.54, 1.807) is 55.5 Å². The molecule has 0 aliphatic rings. The van der Waals surface area contributed by atoms with Crippen molar-refractivity contribution in [1.82, 2.24) is 26.0 Å². The average molecular weight is 385 g/mol. The molecule has 138 valence electrons. The number of hydrogen-bond donors (Lipinski definition) is 3. The van der Waals surface area contributed by atoms with Crippen LogP contribution < -0.4 is 10.9 Å². The van der Waals surface area contributed by atoms with Crippen LogP contribution in [-0.4, -0.2) is 32.2 Å².